The van der Waals surface area contributed by atoms with Crippen LogP contribution in [-0.4, -0.2) is 15.9 Å². The van der Waals surface area contributed by atoms with E-state index in [1.807, 2.05) is 18.2 Å². The Balaban J connectivity index is 1.69. The molecule has 5 heteroatoms. The van der Waals surface area contributed by atoms with Gasteiger partial charge in [-0.3, -0.25) is 9.78 Å². The van der Waals surface area contributed by atoms with Crippen LogP contribution in [0.4, 0.5) is 0 Å². The van der Waals surface area contributed by atoms with Crippen LogP contribution in [-0.2, 0) is 6.42 Å². The Morgan fingerprint density at radius 3 is 3.00 bits per heavy atom. The number of nitrogens with one attached hydrogen (secondary N) is 2. The largest absolute Gasteiger partial charge is 0.355 e. The molecule has 0 unspecified atom stereocenters. The van der Waals surface area contributed by atoms with Gasteiger partial charge in [0.1, 0.15) is 5.69 Å². The quantitative estimate of drug-likeness (QED) is 0.747. The fourth-order valence-electron chi connectivity index (χ4n) is 3.33. The molecule has 2 N–H and O–H groups in total. The first kappa shape index (κ1) is 14.3. The number of fused-ring (bicyclic) bond motifs is 3. The number of benzene rings is 1. The van der Waals surface area contributed by atoms with Gasteiger partial charge in [-0.25, -0.2) is 0 Å². The topological polar surface area (TPSA) is 57.8 Å². The number of H-pyrrole nitrogens is 1. The Labute approximate surface area is 138 Å². The number of pyridine rings is 1. The van der Waals surface area contributed by atoms with Gasteiger partial charge in [-0.1, -0.05) is 29.8 Å². The Kier molecular flexibility index (Phi) is 3.54. The summed E-state index contributed by atoms with van der Waals surface area (Å²) in [5.74, 6) is -0.145. The average molecular weight is 326 g/mol. The molecule has 0 radical (unpaired) electrons. The van der Waals surface area contributed by atoms with Gasteiger partial charge < -0.3 is 10.3 Å². The smallest absolute Gasteiger partial charge is 0.270 e. The van der Waals surface area contributed by atoms with Gasteiger partial charge in [0, 0.05) is 17.3 Å². The lowest BCUT2D eigenvalue weighted by Gasteiger charge is -2.23. The predicted octanol–water partition coefficient (Wildman–Crippen LogP) is 4.02. The summed E-state index contributed by atoms with van der Waals surface area (Å²) in [4.78, 5) is 19.9. The lowest BCUT2D eigenvalue weighted by molar-refractivity contribution is 0.0927. The first-order valence-electron chi connectivity index (χ1n) is 7.75. The number of rotatable bonds is 2. The van der Waals surface area contributed by atoms with E-state index in [0.717, 1.165) is 35.9 Å². The molecular formula is C18H16ClN3O. The second kappa shape index (κ2) is 5.70. The maximum absolute atomic E-state index is 12.4. The van der Waals surface area contributed by atoms with Crippen molar-refractivity contribution >= 4 is 28.4 Å². The highest BCUT2D eigenvalue weighted by atomic mass is 35.5. The maximum Gasteiger partial charge on any atom is 0.270 e. The van der Waals surface area contributed by atoms with Crippen molar-refractivity contribution in [1.82, 2.24) is 15.3 Å². The summed E-state index contributed by atoms with van der Waals surface area (Å²) in [7, 11) is 0. The van der Waals surface area contributed by atoms with Crippen LogP contribution >= 0.6 is 11.6 Å². The van der Waals surface area contributed by atoms with Crippen molar-refractivity contribution in [2.75, 3.05) is 0 Å². The molecule has 1 atom stereocenters. The molecule has 1 aliphatic carbocycles. The SMILES string of the molecule is O=C(N[C@@H]1CCCc2c1[nH]c1c(Cl)cccc21)c1ccccn1. The molecule has 0 saturated heterocycles. The third-order valence-electron chi connectivity index (χ3n) is 4.39. The summed E-state index contributed by atoms with van der Waals surface area (Å²) in [6.07, 6.45) is 4.59. The second-order valence-electron chi connectivity index (χ2n) is 5.81. The molecular weight excluding hydrogens is 310 g/mol. The molecule has 2 aromatic heterocycles. The standard InChI is InChI=1S/C18H16ClN3O/c19-13-7-3-5-11-12-6-4-9-14(17(12)22-16(11)13)21-18(23)15-8-1-2-10-20-15/h1-3,5,7-8,10,14,22H,4,6,9H2,(H,21,23)/t14-/m1/s1. The molecule has 2 heterocycles. The molecule has 3 aromatic rings. The molecule has 1 aromatic carbocycles. The van der Waals surface area contributed by atoms with Crippen molar-refractivity contribution in [3.05, 3.63) is 64.6 Å². The maximum atomic E-state index is 12.4. The van der Waals surface area contributed by atoms with Crippen LogP contribution in [0.5, 0.6) is 0 Å². The fourth-order valence-corrected chi connectivity index (χ4v) is 3.55. The van der Waals surface area contributed by atoms with Crippen molar-refractivity contribution in [2.24, 2.45) is 0 Å². The molecule has 1 aliphatic rings. The van der Waals surface area contributed by atoms with Gasteiger partial charge in [-0.05, 0) is 43.0 Å². The van der Waals surface area contributed by atoms with Crippen molar-refractivity contribution < 1.29 is 4.79 Å². The zero-order chi connectivity index (χ0) is 15.8. The van der Waals surface area contributed by atoms with Gasteiger partial charge in [-0.2, -0.15) is 0 Å². The summed E-state index contributed by atoms with van der Waals surface area (Å²) in [6.45, 7) is 0. The molecule has 4 nitrogen and oxygen atoms in total. The number of aromatic nitrogens is 2. The number of nitrogens with zero attached hydrogens (tertiary/aromatic N) is 1. The summed E-state index contributed by atoms with van der Waals surface area (Å²) in [5, 5.41) is 4.97. The fraction of sp³-hybridized carbons (Fsp3) is 0.222. The number of aromatic amines is 1. The predicted molar refractivity (Wildman–Crippen MR) is 90.7 cm³/mol. The van der Waals surface area contributed by atoms with E-state index in [2.05, 4.69) is 21.4 Å². The van der Waals surface area contributed by atoms with Crippen LogP contribution < -0.4 is 5.32 Å². The highest BCUT2D eigenvalue weighted by molar-refractivity contribution is 6.35. The van der Waals surface area contributed by atoms with Gasteiger partial charge in [-0.15, -0.1) is 0 Å². The minimum Gasteiger partial charge on any atom is -0.355 e. The van der Waals surface area contributed by atoms with Gasteiger partial charge >= 0.3 is 0 Å². The summed E-state index contributed by atoms with van der Waals surface area (Å²) < 4.78 is 0. The first-order valence-corrected chi connectivity index (χ1v) is 8.12. The Bertz CT molecular complexity index is 873. The molecule has 0 fully saturated rings. The van der Waals surface area contributed by atoms with Crippen molar-refractivity contribution in [3.8, 4) is 0 Å². The summed E-state index contributed by atoms with van der Waals surface area (Å²) in [5.41, 5.74) is 3.73. The van der Waals surface area contributed by atoms with Gasteiger partial charge in [0.2, 0.25) is 0 Å². The summed E-state index contributed by atoms with van der Waals surface area (Å²) in [6, 6.07) is 11.2. The van der Waals surface area contributed by atoms with Crippen LogP contribution in [0.2, 0.25) is 5.02 Å². The zero-order valence-electron chi connectivity index (χ0n) is 12.5. The third-order valence-corrected chi connectivity index (χ3v) is 4.71. The van der Waals surface area contributed by atoms with E-state index in [9.17, 15) is 4.79 Å². The number of aryl methyl sites for hydroxylation is 1. The van der Waals surface area contributed by atoms with Gasteiger partial charge in [0.05, 0.1) is 16.6 Å². The number of hydrogen-bond acceptors (Lipinski definition) is 2. The molecule has 0 saturated carbocycles. The third kappa shape index (κ3) is 2.49. The van der Waals surface area contributed by atoms with Crippen LogP contribution in [0.3, 0.4) is 0 Å². The van der Waals surface area contributed by atoms with Gasteiger partial charge in [0.15, 0.2) is 0 Å². The van der Waals surface area contributed by atoms with E-state index >= 15 is 0 Å². The molecule has 0 aliphatic heterocycles. The van der Waals surface area contributed by atoms with E-state index in [0.29, 0.717) is 10.7 Å². The number of carbonyl (C=O) groups excluding carboxylic acids is 1. The Morgan fingerprint density at radius 2 is 2.17 bits per heavy atom. The monoisotopic (exact) mass is 325 g/mol. The molecule has 0 spiro atoms. The first-order chi connectivity index (χ1) is 11.2. The zero-order valence-corrected chi connectivity index (χ0v) is 13.2. The van der Waals surface area contributed by atoms with Crippen LogP contribution in [0.25, 0.3) is 10.9 Å². The number of carbonyl (C=O) groups is 1. The van der Waals surface area contributed by atoms with E-state index in [1.54, 1.807) is 18.3 Å². The van der Waals surface area contributed by atoms with E-state index in [-0.39, 0.29) is 11.9 Å². The lowest BCUT2D eigenvalue weighted by atomic mass is 9.91. The van der Waals surface area contributed by atoms with Crippen LogP contribution in [0.1, 0.15) is 40.6 Å². The van der Waals surface area contributed by atoms with Crippen LogP contribution in [0, 0.1) is 0 Å². The van der Waals surface area contributed by atoms with Crippen molar-refractivity contribution in [3.63, 3.8) is 0 Å². The number of hydrogen-bond donors (Lipinski definition) is 2. The number of para-hydroxylation sites is 1. The molecule has 4 rings (SSSR count). The van der Waals surface area contributed by atoms with Crippen molar-refractivity contribution in [2.45, 2.75) is 25.3 Å². The van der Waals surface area contributed by atoms with Crippen LogP contribution in [0.15, 0.2) is 42.6 Å². The number of amides is 1. The highest BCUT2D eigenvalue weighted by Gasteiger charge is 2.26. The highest BCUT2D eigenvalue weighted by Crippen LogP contribution is 2.36. The Hall–Kier alpha value is -2.33. The van der Waals surface area contributed by atoms with E-state index < -0.39 is 0 Å². The van der Waals surface area contributed by atoms with E-state index in [4.69, 9.17) is 11.6 Å². The minimum absolute atomic E-state index is 0.0308. The minimum atomic E-state index is -0.145. The molecule has 1 amide bonds. The lowest BCUT2D eigenvalue weighted by Crippen LogP contribution is -2.31. The second-order valence-corrected chi connectivity index (χ2v) is 6.22. The van der Waals surface area contributed by atoms with Gasteiger partial charge in [0.25, 0.3) is 5.91 Å². The van der Waals surface area contributed by atoms with Crippen molar-refractivity contribution in [1.29, 1.82) is 0 Å². The molecule has 0 bridgehead atoms. The normalized spacial score (nSPS) is 17.0. The van der Waals surface area contributed by atoms with E-state index in [1.165, 1.54) is 5.56 Å². The Morgan fingerprint density at radius 1 is 1.26 bits per heavy atom. The molecule has 116 valence electrons. The molecule has 23 heavy (non-hydrogen) atoms. The average Bonchev–Trinajstić information content (AvgIpc) is 2.97. The summed E-state index contributed by atoms with van der Waals surface area (Å²) >= 11 is 6.30. The number of halogens is 1.